The number of halogens is 1. The molecule has 0 aliphatic rings. The topological polar surface area (TPSA) is 155 Å². The van der Waals surface area contributed by atoms with Gasteiger partial charge in [-0.25, -0.2) is 4.39 Å². The number of aromatic amines is 1. The Labute approximate surface area is 180 Å². The minimum atomic E-state index is -0.759. The number of nitrogens with one attached hydrogen (secondary N) is 1. The quantitative estimate of drug-likeness (QED) is 0.491. The van der Waals surface area contributed by atoms with E-state index in [-0.39, 0.29) is 52.0 Å². The first-order valence-electron chi connectivity index (χ1n) is 9.18. The van der Waals surface area contributed by atoms with E-state index in [1.54, 1.807) is 18.2 Å². The number of aromatic nitrogens is 3. The summed E-state index contributed by atoms with van der Waals surface area (Å²) >= 11 is 0. The number of H-pyrrole nitrogens is 1. The monoisotopic (exact) mass is 428 g/mol. The van der Waals surface area contributed by atoms with Crippen LogP contribution in [0.2, 0.25) is 0 Å². The number of nitrogens with zero attached hydrogens (tertiary/aromatic N) is 4. The molecule has 156 valence electrons. The van der Waals surface area contributed by atoms with Crippen molar-refractivity contribution in [2.45, 2.75) is 6.61 Å². The first kappa shape index (κ1) is 20.3. The summed E-state index contributed by atoms with van der Waals surface area (Å²) in [4.78, 5) is 18.6. The molecular formula is C22H13FN6O3. The molecule has 0 spiro atoms. The Morgan fingerprint density at radius 2 is 1.88 bits per heavy atom. The van der Waals surface area contributed by atoms with Gasteiger partial charge in [0.1, 0.15) is 40.6 Å². The molecule has 0 saturated heterocycles. The average molecular weight is 428 g/mol. The largest absolute Gasteiger partial charge is 0.484 e. The number of nitrogens with two attached hydrogens (primary N) is 1. The lowest BCUT2D eigenvalue weighted by molar-refractivity contribution is 0.243. The molecule has 0 amide bonds. The summed E-state index contributed by atoms with van der Waals surface area (Å²) in [6.07, 6.45) is 0. The van der Waals surface area contributed by atoms with Crippen molar-refractivity contribution in [2.24, 2.45) is 0 Å². The van der Waals surface area contributed by atoms with Gasteiger partial charge in [0, 0.05) is 5.56 Å². The lowest BCUT2D eigenvalue weighted by atomic mass is 9.95. The molecule has 0 fully saturated rings. The van der Waals surface area contributed by atoms with Gasteiger partial charge in [0.15, 0.2) is 6.61 Å². The normalized spacial score (nSPS) is 10.3. The van der Waals surface area contributed by atoms with Crippen LogP contribution >= 0.6 is 0 Å². The standard InChI is InChI=1S/C22H13FN6O3/c23-17-7-6-12(19-15(9-24)20(26)28-22(30)16(19)10-25)8-14(17)21-27-18(32-29-21)11-31-13-4-2-1-3-5-13/h1-8H,11H2,(H3,26,28,30). The van der Waals surface area contributed by atoms with Gasteiger partial charge in [0.25, 0.3) is 11.4 Å². The molecule has 0 radical (unpaired) electrons. The molecule has 4 aromatic rings. The number of ether oxygens (including phenoxy) is 1. The van der Waals surface area contributed by atoms with Crippen LogP contribution in [0.5, 0.6) is 5.75 Å². The van der Waals surface area contributed by atoms with E-state index in [4.69, 9.17) is 15.0 Å². The van der Waals surface area contributed by atoms with Gasteiger partial charge in [-0.05, 0) is 29.8 Å². The highest BCUT2D eigenvalue weighted by Gasteiger charge is 2.21. The number of hydrogen-bond donors (Lipinski definition) is 2. The minimum Gasteiger partial charge on any atom is -0.484 e. The first-order valence-corrected chi connectivity index (χ1v) is 9.18. The van der Waals surface area contributed by atoms with Crippen molar-refractivity contribution in [3.05, 3.63) is 81.7 Å². The van der Waals surface area contributed by atoms with Gasteiger partial charge in [-0.1, -0.05) is 29.4 Å². The van der Waals surface area contributed by atoms with E-state index in [1.165, 1.54) is 12.1 Å². The number of nitrogen functional groups attached to an aromatic ring is 1. The van der Waals surface area contributed by atoms with E-state index < -0.39 is 11.4 Å². The molecule has 0 atom stereocenters. The Bertz CT molecular complexity index is 1450. The summed E-state index contributed by atoms with van der Waals surface area (Å²) in [6, 6.07) is 16.4. The van der Waals surface area contributed by atoms with Gasteiger partial charge in [0.2, 0.25) is 5.82 Å². The zero-order valence-corrected chi connectivity index (χ0v) is 16.3. The molecule has 2 aromatic carbocycles. The SMILES string of the molecule is N#Cc1c(N)[nH]c(=O)c(C#N)c1-c1ccc(F)c(-c2noc(COc3ccccc3)n2)c1. The summed E-state index contributed by atoms with van der Waals surface area (Å²) in [5.41, 5.74) is 4.72. The van der Waals surface area contributed by atoms with Gasteiger partial charge in [-0.3, -0.25) is 4.79 Å². The van der Waals surface area contributed by atoms with Crippen molar-refractivity contribution in [3.63, 3.8) is 0 Å². The van der Waals surface area contributed by atoms with Crippen LogP contribution in [-0.4, -0.2) is 15.1 Å². The summed E-state index contributed by atoms with van der Waals surface area (Å²) in [6.45, 7) is -0.0277. The summed E-state index contributed by atoms with van der Waals surface area (Å²) in [5, 5.41) is 22.7. The molecule has 2 heterocycles. The third kappa shape index (κ3) is 3.76. The van der Waals surface area contributed by atoms with Gasteiger partial charge in [0.05, 0.1) is 5.56 Å². The zero-order chi connectivity index (χ0) is 22.7. The fourth-order valence-corrected chi connectivity index (χ4v) is 3.07. The molecular weight excluding hydrogens is 415 g/mol. The predicted octanol–water partition coefficient (Wildman–Crippen LogP) is 3.14. The molecule has 0 aliphatic carbocycles. The second-order valence-corrected chi connectivity index (χ2v) is 6.52. The number of pyridine rings is 1. The molecule has 2 aromatic heterocycles. The highest BCUT2D eigenvalue weighted by Crippen LogP contribution is 2.32. The molecule has 4 rings (SSSR count). The van der Waals surface area contributed by atoms with Crippen molar-refractivity contribution in [3.8, 4) is 40.4 Å². The maximum Gasteiger partial charge on any atom is 0.268 e. The third-order valence-corrected chi connectivity index (χ3v) is 4.54. The molecule has 0 aliphatic heterocycles. The number of anilines is 1. The van der Waals surface area contributed by atoms with Crippen LogP contribution in [0.15, 0.2) is 57.8 Å². The zero-order valence-electron chi connectivity index (χ0n) is 16.3. The molecule has 0 unspecified atom stereocenters. The number of para-hydroxylation sites is 1. The second kappa shape index (κ2) is 8.42. The Kier molecular flexibility index (Phi) is 5.35. The molecule has 10 heteroatoms. The third-order valence-electron chi connectivity index (χ3n) is 4.54. The van der Waals surface area contributed by atoms with E-state index in [0.29, 0.717) is 5.75 Å². The van der Waals surface area contributed by atoms with Crippen LogP contribution in [-0.2, 0) is 6.61 Å². The number of rotatable bonds is 5. The first-order chi connectivity index (χ1) is 15.5. The maximum absolute atomic E-state index is 14.6. The fraction of sp³-hybridized carbons (Fsp3) is 0.0455. The van der Waals surface area contributed by atoms with Crippen molar-refractivity contribution in [2.75, 3.05) is 5.73 Å². The fourth-order valence-electron chi connectivity index (χ4n) is 3.07. The Morgan fingerprint density at radius 3 is 2.59 bits per heavy atom. The lowest BCUT2D eigenvalue weighted by Gasteiger charge is -2.10. The summed E-state index contributed by atoms with van der Waals surface area (Å²) in [7, 11) is 0. The van der Waals surface area contributed by atoms with Crippen molar-refractivity contribution < 1.29 is 13.7 Å². The lowest BCUT2D eigenvalue weighted by Crippen LogP contribution is -2.16. The van der Waals surface area contributed by atoms with Gasteiger partial charge >= 0.3 is 0 Å². The number of nitriles is 2. The van der Waals surface area contributed by atoms with Gasteiger partial charge < -0.3 is 20.0 Å². The molecule has 9 nitrogen and oxygen atoms in total. The van der Waals surface area contributed by atoms with Crippen molar-refractivity contribution >= 4 is 5.82 Å². The van der Waals surface area contributed by atoms with Crippen molar-refractivity contribution in [1.82, 2.24) is 15.1 Å². The molecule has 0 saturated carbocycles. The van der Waals surface area contributed by atoms with Crippen molar-refractivity contribution in [1.29, 1.82) is 10.5 Å². The molecule has 32 heavy (non-hydrogen) atoms. The molecule has 3 N–H and O–H groups in total. The van der Waals surface area contributed by atoms with E-state index in [9.17, 15) is 19.7 Å². The highest BCUT2D eigenvalue weighted by molar-refractivity contribution is 5.82. The number of benzene rings is 2. The van der Waals surface area contributed by atoms with Crippen LogP contribution < -0.4 is 16.0 Å². The van der Waals surface area contributed by atoms with Crippen LogP contribution in [0.1, 0.15) is 17.0 Å². The average Bonchev–Trinajstić information content (AvgIpc) is 3.27. The summed E-state index contributed by atoms with van der Waals surface area (Å²) < 4.78 is 25.3. The highest BCUT2D eigenvalue weighted by atomic mass is 19.1. The molecule has 0 bridgehead atoms. The minimum absolute atomic E-state index is 0.00590. The number of hydrogen-bond acceptors (Lipinski definition) is 8. The van der Waals surface area contributed by atoms with Crippen LogP contribution in [0.4, 0.5) is 10.2 Å². The Morgan fingerprint density at radius 1 is 1.12 bits per heavy atom. The Balaban J connectivity index is 1.73. The summed E-state index contributed by atoms with van der Waals surface area (Å²) in [5.74, 6) is -0.215. The second-order valence-electron chi connectivity index (χ2n) is 6.52. The smallest absolute Gasteiger partial charge is 0.268 e. The van der Waals surface area contributed by atoms with Crippen LogP contribution in [0, 0.1) is 28.5 Å². The van der Waals surface area contributed by atoms with Gasteiger partial charge in [-0.15, -0.1) is 0 Å². The Hall–Kier alpha value is -4.96. The van der Waals surface area contributed by atoms with Crippen LogP contribution in [0.3, 0.4) is 0 Å². The van der Waals surface area contributed by atoms with E-state index in [0.717, 1.165) is 6.07 Å². The van der Waals surface area contributed by atoms with E-state index in [1.807, 2.05) is 24.3 Å². The van der Waals surface area contributed by atoms with Crippen LogP contribution in [0.25, 0.3) is 22.5 Å². The predicted molar refractivity (Wildman–Crippen MR) is 110 cm³/mol. The van der Waals surface area contributed by atoms with E-state index >= 15 is 0 Å². The van der Waals surface area contributed by atoms with Gasteiger partial charge in [-0.2, -0.15) is 15.5 Å². The van der Waals surface area contributed by atoms with E-state index in [2.05, 4.69) is 15.1 Å². The maximum atomic E-state index is 14.6.